The standard InChI is InChI=1S/C10H15N3O2.ClH/c1-7(15-2)5-13-10(14)9-4-3-8(11)6-12-9;/h3-4,6-7H,5,11H2,1-2H3,(H,13,14);1H. The largest absolute Gasteiger partial charge is 0.397 e. The molecule has 0 radical (unpaired) electrons. The summed E-state index contributed by atoms with van der Waals surface area (Å²) >= 11 is 0. The molecule has 0 aromatic carbocycles. The highest BCUT2D eigenvalue weighted by atomic mass is 35.5. The third-order valence-electron chi connectivity index (χ3n) is 1.97. The minimum atomic E-state index is -0.223. The third kappa shape index (κ3) is 4.46. The number of anilines is 1. The summed E-state index contributed by atoms with van der Waals surface area (Å²) in [5.74, 6) is -0.223. The van der Waals surface area contributed by atoms with Gasteiger partial charge in [-0.25, -0.2) is 4.98 Å². The lowest BCUT2D eigenvalue weighted by atomic mass is 10.3. The quantitative estimate of drug-likeness (QED) is 0.825. The zero-order valence-electron chi connectivity index (χ0n) is 9.27. The maximum atomic E-state index is 11.5. The van der Waals surface area contributed by atoms with Crippen LogP contribution in [0.3, 0.4) is 0 Å². The molecular formula is C10H16ClN3O2. The molecule has 0 aliphatic heterocycles. The van der Waals surface area contributed by atoms with Crippen molar-refractivity contribution in [2.45, 2.75) is 13.0 Å². The van der Waals surface area contributed by atoms with Gasteiger partial charge in [0.2, 0.25) is 0 Å². The summed E-state index contributed by atoms with van der Waals surface area (Å²) in [5, 5.41) is 2.70. The molecule has 1 amide bonds. The first-order chi connectivity index (χ1) is 7.13. The highest BCUT2D eigenvalue weighted by Gasteiger charge is 2.07. The van der Waals surface area contributed by atoms with Crippen molar-refractivity contribution in [2.75, 3.05) is 19.4 Å². The molecule has 5 nitrogen and oxygen atoms in total. The number of nitrogens with zero attached hydrogens (tertiary/aromatic N) is 1. The van der Waals surface area contributed by atoms with Crippen molar-refractivity contribution in [3.05, 3.63) is 24.0 Å². The Morgan fingerprint density at radius 2 is 2.31 bits per heavy atom. The number of pyridine rings is 1. The summed E-state index contributed by atoms with van der Waals surface area (Å²) < 4.78 is 5.00. The van der Waals surface area contributed by atoms with E-state index in [-0.39, 0.29) is 24.4 Å². The van der Waals surface area contributed by atoms with Crippen LogP contribution in [0.2, 0.25) is 0 Å². The molecule has 0 fully saturated rings. The first-order valence-corrected chi connectivity index (χ1v) is 4.66. The van der Waals surface area contributed by atoms with Gasteiger partial charge in [0.15, 0.2) is 0 Å². The Labute approximate surface area is 101 Å². The van der Waals surface area contributed by atoms with E-state index >= 15 is 0 Å². The molecule has 1 atom stereocenters. The molecule has 1 rings (SSSR count). The number of carbonyl (C=O) groups is 1. The summed E-state index contributed by atoms with van der Waals surface area (Å²) in [6, 6.07) is 3.23. The number of nitrogen functional groups attached to an aromatic ring is 1. The zero-order valence-corrected chi connectivity index (χ0v) is 10.1. The number of amides is 1. The number of hydrogen-bond acceptors (Lipinski definition) is 4. The van der Waals surface area contributed by atoms with E-state index in [0.29, 0.717) is 17.9 Å². The number of ether oxygens (including phenoxy) is 1. The van der Waals surface area contributed by atoms with Gasteiger partial charge in [-0.3, -0.25) is 4.79 Å². The molecule has 0 aliphatic carbocycles. The predicted molar refractivity (Wildman–Crippen MR) is 64.7 cm³/mol. The number of methoxy groups -OCH3 is 1. The Hall–Kier alpha value is -1.33. The zero-order chi connectivity index (χ0) is 11.3. The Bertz CT molecular complexity index is 329. The number of rotatable bonds is 4. The van der Waals surface area contributed by atoms with Crippen molar-refractivity contribution < 1.29 is 9.53 Å². The lowest BCUT2D eigenvalue weighted by molar-refractivity contribution is 0.0866. The predicted octanol–water partition coefficient (Wildman–Crippen LogP) is 0.850. The van der Waals surface area contributed by atoms with E-state index in [1.807, 2.05) is 6.92 Å². The lowest BCUT2D eigenvalue weighted by Crippen LogP contribution is -2.32. The van der Waals surface area contributed by atoms with E-state index in [1.54, 1.807) is 19.2 Å². The molecular weight excluding hydrogens is 230 g/mol. The Balaban J connectivity index is 0.00000225. The van der Waals surface area contributed by atoms with Crippen LogP contribution in [0.1, 0.15) is 17.4 Å². The summed E-state index contributed by atoms with van der Waals surface area (Å²) in [6.07, 6.45) is 1.44. The van der Waals surface area contributed by atoms with E-state index in [1.165, 1.54) is 6.20 Å². The molecule has 3 N–H and O–H groups in total. The van der Waals surface area contributed by atoms with Crippen LogP contribution in [-0.4, -0.2) is 30.6 Å². The molecule has 1 heterocycles. The first kappa shape index (κ1) is 14.7. The Kier molecular flexibility index (Phi) is 6.44. The first-order valence-electron chi connectivity index (χ1n) is 4.66. The van der Waals surface area contributed by atoms with Crippen LogP contribution in [0.25, 0.3) is 0 Å². The number of aromatic nitrogens is 1. The van der Waals surface area contributed by atoms with Gasteiger partial charge < -0.3 is 15.8 Å². The van der Waals surface area contributed by atoms with Gasteiger partial charge in [-0.05, 0) is 19.1 Å². The minimum absolute atomic E-state index is 0. The van der Waals surface area contributed by atoms with Crippen molar-refractivity contribution in [1.82, 2.24) is 10.3 Å². The Morgan fingerprint density at radius 1 is 1.62 bits per heavy atom. The smallest absolute Gasteiger partial charge is 0.269 e. The average molecular weight is 246 g/mol. The summed E-state index contributed by atoms with van der Waals surface area (Å²) in [4.78, 5) is 15.4. The van der Waals surface area contributed by atoms with Gasteiger partial charge >= 0.3 is 0 Å². The third-order valence-corrected chi connectivity index (χ3v) is 1.97. The number of nitrogens with two attached hydrogens (primary N) is 1. The van der Waals surface area contributed by atoms with E-state index in [4.69, 9.17) is 10.5 Å². The molecule has 0 bridgehead atoms. The molecule has 0 aliphatic rings. The topological polar surface area (TPSA) is 77.2 Å². The van der Waals surface area contributed by atoms with Gasteiger partial charge in [-0.2, -0.15) is 0 Å². The second-order valence-electron chi connectivity index (χ2n) is 3.23. The fourth-order valence-corrected chi connectivity index (χ4v) is 0.950. The van der Waals surface area contributed by atoms with E-state index in [0.717, 1.165) is 0 Å². The van der Waals surface area contributed by atoms with Gasteiger partial charge in [0.1, 0.15) is 5.69 Å². The minimum Gasteiger partial charge on any atom is -0.397 e. The molecule has 1 unspecified atom stereocenters. The van der Waals surface area contributed by atoms with E-state index < -0.39 is 0 Å². The maximum Gasteiger partial charge on any atom is 0.269 e. The van der Waals surface area contributed by atoms with Gasteiger partial charge in [0, 0.05) is 13.7 Å². The highest BCUT2D eigenvalue weighted by Crippen LogP contribution is 2.00. The molecule has 1 aromatic rings. The summed E-state index contributed by atoms with van der Waals surface area (Å²) in [7, 11) is 1.60. The molecule has 90 valence electrons. The van der Waals surface area contributed by atoms with Gasteiger partial charge in [0.25, 0.3) is 5.91 Å². The van der Waals surface area contributed by atoms with Crippen LogP contribution in [0.5, 0.6) is 0 Å². The second-order valence-corrected chi connectivity index (χ2v) is 3.23. The van der Waals surface area contributed by atoms with Crippen molar-refractivity contribution in [3.8, 4) is 0 Å². The van der Waals surface area contributed by atoms with Crippen LogP contribution in [0.15, 0.2) is 18.3 Å². The van der Waals surface area contributed by atoms with Crippen LogP contribution in [0, 0.1) is 0 Å². The van der Waals surface area contributed by atoms with E-state index in [2.05, 4.69) is 10.3 Å². The number of hydrogen-bond donors (Lipinski definition) is 2. The normalized spacial score (nSPS) is 11.4. The molecule has 16 heavy (non-hydrogen) atoms. The van der Waals surface area contributed by atoms with Crippen LogP contribution >= 0.6 is 12.4 Å². The number of nitrogens with one attached hydrogen (secondary N) is 1. The SMILES string of the molecule is COC(C)CNC(=O)c1ccc(N)cn1.Cl. The van der Waals surface area contributed by atoms with Crippen LogP contribution in [0.4, 0.5) is 5.69 Å². The van der Waals surface area contributed by atoms with Crippen molar-refractivity contribution >= 4 is 24.0 Å². The van der Waals surface area contributed by atoms with Crippen LogP contribution in [-0.2, 0) is 4.74 Å². The van der Waals surface area contributed by atoms with Gasteiger partial charge in [-0.15, -0.1) is 12.4 Å². The number of halogens is 1. The maximum absolute atomic E-state index is 11.5. The molecule has 1 aromatic heterocycles. The summed E-state index contributed by atoms with van der Waals surface area (Å²) in [6.45, 7) is 2.33. The monoisotopic (exact) mass is 245 g/mol. The van der Waals surface area contributed by atoms with Crippen molar-refractivity contribution in [1.29, 1.82) is 0 Å². The molecule has 0 saturated heterocycles. The Morgan fingerprint density at radius 3 is 2.81 bits per heavy atom. The van der Waals surface area contributed by atoms with Gasteiger partial charge in [0.05, 0.1) is 18.0 Å². The van der Waals surface area contributed by atoms with Crippen molar-refractivity contribution in [2.24, 2.45) is 0 Å². The average Bonchev–Trinajstić information content (AvgIpc) is 2.26. The van der Waals surface area contributed by atoms with Crippen molar-refractivity contribution in [3.63, 3.8) is 0 Å². The van der Waals surface area contributed by atoms with Crippen LogP contribution < -0.4 is 11.1 Å². The number of carbonyl (C=O) groups excluding carboxylic acids is 1. The second kappa shape index (κ2) is 7.03. The molecule has 0 spiro atoms. The van der Waals surface area contributed by atoms with Gasteiger partial charge in [-0.1, -0.05) is 0 Å². The van der Waals surface area contributed by atoms with E-state index in [9.17, 15) is 4.79 Å². The highest BCUT2D eigenvalue weighted by molar-refractivity contribution is 5.92. The fraction of sp³-hybridized carbons (Fsp3) is 0.400. The molecule has 6 heteroatoms. The molecule has 0 saturated carbocycles. The lowest BCUT2D eigenvalue weighted by Gasteiger charge is -2.10. The summed E-state index contributed by atoms with van der Waals surface area (Å²) in [5.41, 5.74) is 6.35. The fourth-order valence-electron chi connectivity index (χ4n) is 0.950.